The van der Waals surface area contributed by atoms with Gasteiger partial charge in [0.2, 0.25) is 0 Å². The Morgan fingerprint density at radius 1 is 1.55 bits per heavy atom. The smallest absolute Gasteiger partial charge is 0.101 e. The van der Waals surface area contributed by atoms with Gasteiger partial charge < -0.3 is 5.32 Å². The fourth-order valence-electron chi connectivity index (χ4n) is 1.17. The Labute approximate surface area is 79.6 Å². The minimum atomic E-state index is 0.569. The molecular formula is C8H9IN2. The van der Waals surface area contributed by atoms with Gasteiger partial charge in [0.05, 0.1) is 0 Å². The van der Waals surface area contributed by atoms with Crippen LogP contribution in [0.1, 0.15) is 18.0 Å². The summed E-state index contributed by atoms with van der Waals surface area (Å²) in [5.41, 5.74) is 1.32. The first-order valence-corrected chi connectivity index (χ1v) is 4.79. The minimum Gasteiger partial charge on any atom is -0.310 e. The Hall–Kier alpha value is -0.160. The molecule has 0 bridgehead atoms. The fourth-order valence-corrected chi connectivity index (χ4v) is 1.49. The van der Waals surface area contributed by atoms with E-state index in [2.05, 4.69) is 45.0 Å². The molecule has 58 valence electrons. The van der Waals surface area contributed by atoms with Gasteiger partial charge >= 0.3 is 0 Å². The molecule has 0 saturated carbocycles. The van der Waals surface area contributed by atoms with Gasteiger partial charge in [0.25, 0.3) is 0 Å². The maximum absolute atomic E-state index is 4.23. The molecule has 1 fully saturated rings. The van der Waals surface area contributed by atoms with Crippen molar-refractivity contribution < 1.29 is 0 Å². The third-order valence-corrected chi connectivity index (χ3v) is 2.61. The summed E-state index contributed by atoms with van der Waals surface area (Å²) in [6.07, 6.45) is 3.21. The van der Waals surface area contributed by atoms with E-state index in [0.29, 0.717) is 6.04 Å². The number of rotatable bonds is 1. The van der Waals surface area contributed by atoms with Crippen LogP contribution in [-0.4, -0.2) is 11.5 Å². The number of hydrogen-bond donors (Lipinski definition) is 1. The number of hydrogen-bond acceptors (Lipinski definition) is 2. The Morgan fingerprint density at radius 2 is 2.36 bits per heavy atom. The van der Waals surface area contributed by atoms with Crippen LogP contribution >= 0.6 is 22.6 Å². The van der Waals surface area contributed by atoms with Crippen molar-refractivity contribution in [1.29, 1.82) is 0 Å². The van der Waals surface area contributed by atoms with Crippen molar-refractivity contribution in [3.05, 3.63) is 27.6 Å². The summed E-state index contributed by atoms with van der Waals surface area (Å²) in [6, 6.07) is 4.76. The van der Waals surface area contributed by atoms with Crippen molar-refractivity contribution in [2.24, 2.45) is 0 Å². The Bertz CT molecular complexity index is 241. The van der Waals surface area contributed by atoms with Gasteiger partial charge in [-0.1, -0.05) is 6.07 Å². The second kappa shape index (κ2) is 3.06. The van der Waals surface area contributed by atoms with Crippen LogP contribution in [0.4, 0.5) is 0 Å². The zero-order valence-electron chi connectivity index (χ0n) is 6.05. The molecule has 3 heteroatoms. The van der Waals surface area contributed by atoms with Crippen molar-refractivity contribution in [2.45, 2.75) is 12.5 Å². The molecule has 11 heavy (non-hydrogen) atoms. The zero-order chi connectivity index (χ0) is 7.68. The van der Waals surface area contributed by atoms with Crippen LogP contribution in [0, 0.1) is 3.70 Å². The Balaban J connectivity index is 2.18. The summed E-state index contributed by atoms with van der Waals surface area (Å²) in [4.78, 5) is 4.23. The molecule has 0 amide bonds. The number of nitrogens with one attached hydrogen (secondary N) is 1. The minimum absolute atomic E-state index is 0.569. The lowest BCUT2D eigenvalue weighted by atomic mass is 10.0. The van der Waals surface area contributed by atoms with Gasteiger partial charge in [0.15, 0.2) is 0 Å². The highest BCUT2D eigenvalue weighted by atomic mass is 127. The van der Waals surface area contributed by atoms with Crippen LogP contribution in [-0.2, 0) is 0 Å². The van der Waals surface area contributed by atoms with E-state index in [1.807, 2.05) is 6.20 Å². The molecule has 1 aliphatic rings. The third kappa shape index (κ3) is 1.54. The fraction of sp³-hybridized carbons (Fsp3) is 0.375. The normalized spacial score (nSPS) is 22.8. The van der Waals surface area contributed by atoms with E-state index in [1.54, 1.807) is 0 Å². The SMILES string of the molecule is Ic1ccc(C2CCN2)cn1. The lowest BCUT2D eigenvalue weighted by molar-refractivity contribution is 0.382. The first kappa shape index (κ1) is 7.49. The molecule has 2 nitrogen and oxygen atoms in total. The lowest BCUT2D eigenvalue weighted by Crippen LogP contribution is -2.34. The van der Waals surface area contributed by atoms with Crippen LogP contribution < -0.4 is 5.32 Å². The highest BCUT2D eigenvalue weighted by Gasteiger charge is 2.17. The van der Waals surface area contributed by atoms with Gasteiger partial charge in [0, 0.05) is 12.2 Å². The molecule has 2 rings (SSSR count). The van der Waals surface area contributed by atoms with Crippen molar-refractivity contribution in [3.8, 4) is 0 Å². The Morgan fingerprint density at radius 3 is 2.82 bits per heavy atom. The predicted octanol–water partition coefficient (Wildman–Crippen LogP) is 1.72. The molecule has 1 aliphatic heterocycles. The summed E-state index contributed by atoms with van der Waals surface area (Å²) in [6.45, 7) is 1.15. The molecule has 1 aromatic rings. The van der Waals surface area contributed by atoms with Crippen LogP contribution in [0.15, 0.2) is 18.3 Å². The quantitative estimate of drug-likeness (QED) is 0.614. The topological polar surface area (TPSA) is 24.9 Å². The van der Waals surface area contributed by atoms with Crippen LogP contribution in [0.2, 0.25) is 0 Å². The van der Waals surface area contributed by atoms with Crippen molar-refractivity contribution >= 4 is 22.6 Å². The average Bonchev–Trinajstić information content (AvgIpc) is 1.90. The monoisotopic (exact) mass is 260 g/mol. The summed E-state index contributed by atoms with van der Waals surface area (Å²) in [7, 11) is 0. The molecule has 0 spiro atoms. The van der Waals surface area contributed by atoms with Gasteiger partial charge in [-0.2, -0.15) is 0 Å². The van der Waals surface area contributed by atoms with E-state index in [0.717, 1.165) is 10.2 Å². The molecule has 1 atom stereocenters. The summed E-state index contributed by atoms with van der Waals surface area (Å²) >= 11 is 2.22. The molecule has 0 aromatic carbocycles. The van der Waals surface area contributed by atoms with E-state index in [-0.39, 0.29) is 0 Å². The van der Waals surface area contributed by atoms with Crippen molar-refractivity contribution in [1.82, 2.24) is 10.3 Å². The van der Waals surface area contributed by atoms with Crippen molar-refractivity contribution in [2.75, 3.05) is 6.54 Å². The molecular weight excluding hydrogens is 251 g/mol. The number of aromatic nitrogens is 1. The molecule has 1 unspecified atom stereocenters. The van der Waals surface area contributed by atoms with Crippen LogP contribution in [0.3, 0.4) is 0 Å². The zero-order valence-corrected chi connectivity index (χ0v) is 8.21. The molecule has 1 saturated heterocycles. The summed E-state index contributed by atoms with van der Waals surface area (Å²) < 4.78 is 1.06. The second-order valence-electron chi connectivity index (χ2n) is 2.71. The molecule has 2 heterocycles. The van der Waals surface area contributed by atoms with Gasteiger partial charge in [0.1, 0.15) is 3.70 Å². The van der Waals surface area contributed by atoms with Crippen LogP contribution in [0.25, 0.3) is 0 Å². The number of halogens is 1. The highest BCUT2D eigenvalue weighted by Crippen LogP contribution is 2.21. The van der Waals surface area contributed by atoms with E-state index in [4.69, 9.17) is 0 Å². The Kier molecular flexibility index (Phi) is 2.09. The van der Waals surface area contributed by atoms with Gasteiger partial charge in [-0.15, -0.1) is 0 Å². The van der Waals surface area contributed by atoms with E-state index >= 15 is 0 Å². The summed E-state index contributed by atoms with van der Waals surface area (Å²) in [5.74, 6) is 0. The van der Waals surface area contributed by atoms with E-state index < -0.39 is 0 Å². The maximum atomic E-state index is 4.23. The highest BCUT2D eigenvalue weighted by molar-refractivity contribution is 14.1. The number of nitrogens with zero attached hydrogens (tertiary/aromatic N) is 1. The van der Waals surface area contributed by atoms with Crippen molar-refractivity contribution in [3.63, 3.8) is 0 Å². The van der Waals surface area contributed by atoms with Gasteiger partial charge in [-0.3, -0.25) is 0 Å². The first-order chi connectivity index (χ1) is 5.36. The second-order valence-corrected chi connectivity index (χ2v) is 3.81. The molecule has 0 radical (unpaired) electrons. The predicted molar refractivity (Wildman–Crippen MR) is 52.3 cm³/mol. The first-order valence-electron chi connectivity index (χ1n) is 3.71. The van der Waals surface area contributed by atoms with Gasteiger partial charge in [-0.25, -0.2) is 4.98 Å². The molecule has 1 N–H and O–H groups in total. The van der Waals surface area contributed by atoms with Gasteiger partial charge in [-0.05, 0) is 47.2 Å². The van der Waals surface area contributed by atoms with E-state index in [1.165, 1.54) is 12.0 Å². The van der Waals surface area contributed by atoms with E-state index in [9.17, 15) is 0 Å². The van der Waals surface area contributed by atoms with Crippen LogP contribution in [0.5, 0.6) is 0 Å². The third-order valence-electron chi connectivity index (χ3n) is 1.98. The maximum Gasteiger partial charge on any atom is 0.101 e. The molecule has 0 aliphatic carbocycles. The number of pyridine rings is 1. The standard InChI is InChI=1S/C8H9IN2/c9-8-2-1-6(5-11-8)7-3-4-10-7/h1-2,5,7,10H,3-4H2. The largest absolute Gasteiger partial charge is 0.310 e. The lowest BCUT2D eigenvalue weighted by Gasteiger charge is -2.27. The molecule has 1 aromatic heterocycles. The average molecular weight is 260 g/mol. The summed E-state index contributed by atoms with van der Waals surface area (Å²) in [5, 5.41) is 3.34.